The number of hydrogen-bond acceptors (Lipinski definition) is 2. The van der Waals surface area contributed by atoms with Gasteiger partial charge >= 0.3 is 116 Å². The topological polar surface area (TPSA) is 18.5 Å². The first-order valence-corrected chi connectivity index (χ1v) is 11.3. The van der Waals surface area contributed by atoms with Crippen LogP contribution in [0, 0.1) is 0 Å². The van der Waals surface area contributed by atoms with Crippen LogP contribution in [-0.2, 0) is 0 Å². The predicted octanol–water partition coefficient (Wildman–Crippen LogP) is 5.05. The van der Waals surface area contributed by atoms with Gasteiger partial charge in [-0.15, -0.1) is 0 Å². The van der Waals surface area contributed by atoms with Gasteiger partial charge in [0.15, 0.2) is 0 Å². The molecule has 0 unspecified atom stereocenters. The van der Waals surface area contributed by atoms with Gasteiger partial charge in [-0.1, -0.05) is 0 Å². The zero-order valence-electron chi connectivity index (χ0n) is 11.2. The van der Waals surface area contributed by atoms with Crippen LogP contribution >= 0.6 is 7.81 Å². The van der Waals surface area contributed by atoms with Crippen molar-refractivity contribution in [2.75, 3.05) is 14.2 Å². The number of ether oxygens (including phenoxy) is 2. The Balaban J connectivity index is 0.000000441. The molecule has 0 radical (unpaired) electrons. The van der Waals surface area contributed by atoms with Crippen LogP contribution in [0.5, 0.6) is 11.5 Å². The fraction of sp³-hybridized carbons (Fsp3) is 0.400. The quantitative estimate of drug-likeness (QED) is 0.408. The van der Waals surface area contributed by atoms with Gasteiger partial charge in [-0.05, 0) is 0 Å². The van der Waals surface area contributed by atoms with Crippen molar-refractivity contribution in [3.8, 4) is 11.5 Å². The summed E-state index contributed by atoms with van der Waals surface area (Å²) in [5, 5.41) is 0. The van der Waals surface area contributed by atoms with E-state index >= 15 is 0 Å². The number of halogens is 6. The number of benzene rings is 1. The molecule has 0 fully saturated rings. The van der Waals surface area contributed by atoms with Gasteiger partial charge in [-0.2, -0.15) is 0 Å². The van der Waals surface area contributed by atoms with Crippen molar-refractivity contribution >= 4 is 26.2 Å². The molecule has 0 saturated carbocycles. The third-order valence-corrected chi connectivity index (χ3v) is 4.35. The molecule has 0 amide bonds. The Labute approximate surface area is 117 Å². The third kappa shape index (κ3) is 10.2. The van der Waals surface area contributed by atoms with Gasteiger partial charge in [0.2, 0.25) is 0 Å². The summed E-state index contributed by atoms with van der Waals surface area (Å²) in [6.45, 7) is 0. The first-order chi connectivity index (χ1) is 8.65. The molecule has 0 aliphatic heterocycles. The molecule has 20 heavy (non-hydrogen) atoms. The summed E-state index contributed by atoms with van der Waals surface area (Å²) in [5.41, 5.74) is 0. The van der Waals surface area contributed by atoms with Gasteiger partial charge < -0.3 is 0 Å². The van der Waals surface area contributed by atoms with Gasteiger partial charge in [0, 0.05) is 0 Å². The van der Waals surface area contributed by atoms with Crippen LogP contribution in [0.15, 0.2) is 18.2 Å². The van der Waals surface area contributed by atoms with Crippen molar-refractivity contribution < 1.29 is 34.7 Å². The van der Waals surface area contributed by atoms with Crippen molar-refractivity contribution in [3.05, 3.63) is 18.2 Å². The van der Waals surface area contributed by atoms with Crippen molar-refractivity contribution in [2.24, 2.45) is 0 Å². The van der Waals surface area contributed by atoms with Crippen molar-refractivity contribution in [3.63, 3.8) is 0 Å². The monoisotopic (exact) mass is 392 g/mol. The molecule has 0 spiro atoms. The molecule has 10 heteroatoms. The van der Waals surface area contributed by atoms with E-state index in [-0.39, 0.29) is 0 Å². The third-order valence-electron chi connectivity index (χ3n) is 1.79. The van der Waals surface area contributed by atoms with E-state index in [1.165, 1.54) is 4.46 Å². The molecule has 1 aromatic carbocycles. The van der Waals surface area contributed by atoms with E-state index in [2.05, 4.69) is 11.6 Å². The van der Waals surface area contributed by atoms with Gasteiger partial charge in [0.25, 0.3) is 0 Å². The van der Waals surface area contributed by atoms with E-state index in [1.807, 2.05) is 18.2 Å². The molecule has 0 atom stereocenters. The Morgan fingerprint density at radius 2 is 1.15 bits per heavy atom. The van der Waals surface area contributed by atoms with Crippen molar-refractivity contribution in [1.82, 2.24) is 0 Å². The molecule has 0 aromatic heterocycles. The fourth-order valence-electron chi connectivity index (χ4n) is 1.22. The van der Waals surface area contributed by atoms with Gasteiger partial charge in [0.05, 0.1) is 0 Å². The maximum atomic E-state index is 9.87. The molecular weight excluding hydrogens is 376 g/mol. The summed E-state index contributed by atoms with van der Waals surface area (Å²) < 4.78 is 71.1. The normalized spacial score (nSPS) is 14.8. The van der Waals surface area contributed by atoms with Gasteiger partial charge in [-0.3, -0.25) is 0 Å². The molecule has 0 aliphatic carbocycles. The molecule has 120 valence electrons. The summed E-state index contributed by atoms with van der Waals surface area (Å²) in [4.78, 5) is 0. The summed E-state index contributed by atoms with van der Waals surface area (Å²) in [6, 6.07) is 5.93. The average Bonchev–Trinajstić information content (AvgIpc) is 2.23. The molecular formula is C10H15F6O2PSe. The summed E-state index contributed by atoms with van der Waals surface area (Å²) in [6.07, 6.45) is 0. The van der Waals surface area contributed by atoms with Crippen LogP contribution in [0.2, 0.25) is 11.6 Å². The van der Waals surface area contributed by atoms with Crippen molar-refractivity contribution in [2.45, 2.75) is 11.6 Å². The first-order valence-electron chi connectivity index (χ1n) is 5.00. The molecule has 0 N–H and O–H groups in total. The Morgan fingerprint density at radius 1 is 0.850 bits per heavy atom. The van der Waals surface area contributed by atoms with Crippen LogP contribution in [-0.4, -0.2) is 28.1 Å². The van der Waals surface area contributed by atoms with Crippen molar-refractivity contribution in [1.29, 1.82) is 0 Å². The molecule has 1 rings (SSSR count). The Kier molecular flexibility index (Phi) is 5.44. The van der Waals surface area contributed by atoms with E-state index in [1.54, 1.807) is 14.2 Å². The molecule has 0 saturated heterocycles. The SMILES string of the molecule is COc1cccc(OC)c1[Se+](C)C.F[P-](F)(F)(F)(F)F. The van der Waals surface area contributed by atoms with E-state index in [0.29, 0.717) is 0 Å². The van der Waals surface area contributed by atoms with Crippen LogP contribution in [0.3, 0.4) is 0 Å². The number of hydrogen-bond donors (Lipinski definition) is 0. The van der Waals surface area contributed by atoms with Gasteiger partial charge in [-0.25, -0.2) is 0 Å². The predicted molar refractivity (Wildman–Crippen MR) is 70.2 cm³/mol. The minimum atomic E-state index is -10.7. The Morgan fingerprint density at radius 3 is 1.35 bits per heavy atom. The molecule has 1 aromatic rings. The molecule has 0 aliphatic rings. The second-order valence-electron chi connectivity index (χ2n) is 3.77. The Bertz CT molecular complexity index is 426. The fourth-order valence-corrected chi connectivity index (χ4v) is 3.54. The standard InChI is InChI=1S/C10H15O2Se.F6P/c1-11-8-6-5-7-9(12-2)10(8)13(3)4;1-7(2,3,4,5)6/h5-7H,1-4H3;/q+1;-1. The van der Waals surface area contributed by atoms with Crippen LogP contribution in [0.25, 0.3) is 0 Å². The molecule has 0 heterocycles. The summed E-state index contributed by atoms with van der Waals surface area (Å²) in [7, 11) is -7.26. The Hall–Kier alpha value is -0.651. The number of methoxy groups -OCH3 is 2. The zero-order valence-corrected chi connectivity index (χ0v) is 13.8. The van der Waals surface area contributed by atoms with E-state index in [0.717, 1.165) is 11.5 Å². The van der Waals surface area contributed by atoms with Crippen LogP contribution in [0.4, 0.5) is 25.2 Å². The van der Waals surface area contributed by atoms with Gasteiger partial charge in [0.1, 0.15) is 0 Å². The first kappa shape index (κ1) is 19.3. The zero-order chi connectivity index (χ0) is 16.3. The number of rotatable bonds is 3. The summed E-state index contributed by atoms with van der Waals surface area (Å²) >= 11 is -0.763. The second kappa shape index (κ2) is 5.62. The van der Waals surface area contributed by atoms with Crippen LogP contribution in [0.1, 0.15) is 0 Å². The molecule has 0 bridgehead atoms. The summed E-state index contributed by atoms with van der Waals surface area (Å²) in [5.74, 6) is 6.41. The average molecular weight is 391 g/mol. The molecule has 2 nitrogen and oxygen atoms in total. The van der Waals surface area contributed by atoms with E-state index in [9.17, 15) is 25.2 Å². The maximum absolute atomic E-state index is 10.7. The van der Waals surface area contributed by atoms with E-state index < -0.39 is 21.7 Å². The van der Waals surface area contributed by atoms with Crippen LogP contribution < -0.4 is 13.9 Å². The minimum absolute atomic E-state index is 0.763. The second-order valence-corrected chi connectivity index (χ2v) is 9.97. The van der Waals surface area contributed by atoms with E-state index in [4.69, 9.17) is 9.47 Å².